The van der Waals surface area contributed by atoms with Crippen LogP contribution in [-0.2, 0) is 6.61 Å². The molecule has 0 atom stereocenters. The van der Waals surface area contributed by atoms with Crippen LogP contribution in [0.3, 0.4) is 0 Å². The van der Waals surface area contributed by atoms with Crippen molar-refractivity contribution in [1.82, 2.24) is 0 Å². The van der Waals surface area contributed by atoms with E-state index in [4.69, 9.17) is 9.47 Å². The summed E-state index contributed by atoms with van der Waals surface area (Å²) >= 11 is 0. The number of hydrogen-bond donors (Lipinski definition) is 1. The van der Waals surface area contributed by atoms with E-state index < -0.39 is 0 Å². The zero-order chi connectivity index (χ0) is 13.7. The first kappa shape index (κ1) is 13.3. The van der Waals surface area contributed by atoms with Gasteiger partial charge in [-0.05, 0) is 37.6 Å². The van der Waals surface area contributed by atoms with Crippen LogP contribution >= 0.6 is 0 Å². The van der Waals surface area contributed by atoms with Gasteiger partial charge in [0, 0.05) is 5.56 Å². The predicted octanol–water partition coefficient (Wildman–Crippen LogP) is 3.68. The minimum Gasteiger partial charge on any atom is -0.504 e. The van der Waals surface area contributed by atoms with Gasteiger partial charge in [-0.25, -0.2) is 0 Å². The molecule has 0 spiro atoms. The number of para-hydroxylation sites is 2. The van der Waals surface area contributed by atoms with Crippen molar-refractivity contribution >= 4 is 0 Å². The van der Waals surface area contributed by atoms with Crippen molar-refractivity contribution < 1.29 is 14.6 Å². The molecule has 0 aromatic heterocycles. The standard InChI is InChI=1S/C16H18O3/c1-3-18-15-10-6-7-12(2)13(15)11-19-16-9-5-4-8-14(16)17/h4-10,17H,3,11H2,1-2H3. The first-order valence-electron chi connectivity index (χ1n) is 6.34. The second-order valence-corrected chi connectivity index (χ2v) is 4.24. The molecule has 2 aromatic carbocycles. The van der Waals surface area contributed by atoms with Gasteiger partial charge < -0.3 is 14.6 Å². The molecule has 0 heterocycles. The number of benzene rings is 2. The van der Waals surface area contributed by atoms with Crippen LogP contribution in [0.1, 0.15) is 18.1 Å². The summed E-state index contributed by atoms with van der Waals surface area (Å²) in [6, 6.07) is 12.9. The van der Waals surface area contributed by atoms with Crippen molar-refractivity contribution in [3.8, 4) is 17.2 Å². The van der Waals surface area contributed by atoms with Gasteiger partial charge in [0.1, 0.15) is 12.4 Å². The molecule has 0 saturated heterocycles. The lowest BCUT2D eigenvalue weighted by atomic mass is 10.1. The van der Waals surface area contributed by atoms with E-state index in [1.807, 2.05) is 38.1 Å². The molecular formula is C16H18O3. The second kappa shape index (κ2) is 6.14. The van der Waals surface area contributed by atoms with Gasteiger partial charge in [0.25, 0.3) is 0 Å². The smallest absolute Gasteiger partial charge is 0.161 e. The van der Waals surface area contributed by atoms with Crippen molar-refractivity contribution in [3.63, 3.8) is 0 Å². The molecule has 0 amide bonds. The zero-order valence-electron chi connectivity index (χ0n) is 11.2. The highest BCUT2D eigenvalue weighted by Gasteiger charge is 2.08. The number of ether oxygens (including phenoxy) is 2. The van der Waals surface area contributed by atoms with Crippen molar-refractivity contribution in [2.45, 2.75) is 20.5 Å². The third-order valence-electron chi connectivity index (χ3n) is 2.90. The zero-order valence-corrected chi connectivity index (χ0v) is 11.2. The van der Waals surface area contributed by atoms with Crippen LogP contribution in [0.2, 0.25) is 0 Å². The summed E-state index contributed by atoms with van der Waals surface area (Å²) in [6.45, 7) is 4.97. The van der Waals surface area contributed by atoms with E-state index in [1.165, 1.54) is 0 Å². The van der Waals surface area contributed by atoms with E-state index in [9.17, 15) is 5.11 Å². The third-order valence-corrected chi connectivity index (χ3v) is 2.90. The number of rotatable bonds is 5. The van der Waals surface area contributed by atoms with E-state index in [-0.39, 0.29) is 5.75 Å². The summed E-state index contributed by atoms with van der Waals surface area (Å²) in [6.07, 6.45) is 0. The quantitative estimate of drug-likeness (QED) is 0.889. The molecular weight excluding hydrogens is 240 g/mol. The van der Waals surface area contributed by atoms with Gasteiger partial charge in [-0.2, -0.15) is 0 Å². The molecule has 2 aromatic rings. The van der Waals surface area contributed by atoms with Gasteiger partial charge in [0.15, 0.2) is 11.5 Å². The Morgan fingerprint density at radius 2 is 1.68 bits per heavy atom. The Bertz CT molecular complexity index is 549. The lowest BCUT2D eigenvalue weighted by Gasteiger charge is -2.14. The van der Waals surface area contributed by atoms with Crippen LogP contribution < -0.4 is 9.47 Å². The number of aromatic hydroxyl groups is 1. The summed E-state index contributed by atoms with van der Waals surface area (Å²) in [7, 11) is 0. The van der Waals surface area contributed by atoms with E-state index in [0.29, 0.717) is 19.0 Å². The van der Waals surface area contributed by atoms with Crippen LogP contribution in [-0.4, -0.2) is 11.7 Å². The molecule has 0 aliphatic heterocycles. The Balaban J connectivity index is 2.17. The van der Waals surface area contributed by atoms with Crippen molar-refractivity contribution in [3.05, 3.63) is 53.6 Å². The number of hydrogen-bond acceptors (Lipinski definition) is 3. The maximum Gasteiger partial charge on any atom is 0.161 e. The van der Waals surface area contributed by atoms with Gasteiger partial charge in [-0.15, -0.1) is 0 Å². The molecule has 0 unspecified atom stereocenters. The third kappa shape index (κ3) is 3.19. The average Bonchev–Trinajstić information content (AvgIpc) is 2.40. The molecule has 3 nitrogen and oxygen atoms in total. The second-order valence-electron chi connectivity index (χ2n) is 4.24. The highest BCUT2D eigenvalue weighted by Crippen LogP contribution is 2.28. The van der Waals surface area contributed by atoms with Gasteiger partial charge in [0.2, 0.25) is 0 Å². The van der Waals surface area contributed by atoms with Crippen molar-refractivity contribution in [2.75, 3.05) is 6.61 Å². The maximum atomic E-state index is 9.67. The van der Waals surface area contributed by atoms with Crippen molar-refractivity contribution in [2.24, 2.45) is 0 Å². The Morgan fingerprint density at radius 3 is 2.42 bits per heavy atom. The summed E-state index contributed by atoms with van der Waals surface area (Å²) in [5.41, 5.74) is 2.12. The molecule has 2 rings (SSSR count). The molecule has 0 saturated carbocycles. The fourth-order valence-corrected chi connectivity index (χ4v) is 1.88. The van der Waals surface area contributed by atoms with Crippen LogP contribution in [0.5, 0.6) is 17.2 Å². The Labute approximate surface area is 113 Å². The summed E-state index contributed by atoms with van der Waals surface area (Å²) in [4.78, 5) is 0. The van der Waals surface area contributed by atoms with Gasteiger partial charge in [-0.1, -0.05) is 24.3 Å². The lowest BCUT2D eigenvalue weighted by Crippen LogP contribution is -2.03. The molecule has 0 radical (unpaired) electrons. The number of phenols is 1. The van der Waals surface area contributed by atoms with E-state index in [2.05, 4.69) is 0 Å². The van der Waals surface area contributed by atoms with Gasteiger partial charge >= 0.3 is 0 Å². The first-order valence-corrected chi connectivity index (χ1v) is 6.34. The number of aryl methyl sites for hydroxylation is 1. The molecule has 0 aliphatic rings. The fraction of sp³-hybridized carbons (Fsp3) is 0.250. The van der Waals surface area contributed by atoms with E-state index >= 15 is 0 Å². The predicted molar refractivity (Wildman–Crippen MR) is 74.8 cm³/mol. The largest absolute Gasteiger partial charge is 0.504 e. The van der Waals surface area contributed by atoms with Gasteiger partial charge in [-0.3, -0.25) is 0 Å². The maximum absolute atomic E-state index is 9.67. The summed E-state index contributed by atoms with van der Waals surface area (Å²) in [5, 5.41) is 9.67. The van der Waals surface area contributed by atoms with Crippen LogP contribution in [0.15, 0.2) is 42.5 Å². The molecule has 19 heavy (non-hydrogen) atoms. The number of phenolic OH excluding ortho intramolecular Hbond substituents is 1. The van der Waals surface area contributed by atoms with E-state index in [0.717, 1.165) is 16.9 Å². The SMILES string of the molecule is CCOc1cccc(C)c1COc1ccccc1O. The minimum absolute atomic E-state index is 0.147. The average molecular weight is 258 g/mol. The first-order chi connectivity index (χ1) is 9.22. The Hall–Kier alpha value is -2.16. The molecule has 0 aliphatic carbocycles. The molecule has 1 N–H and O–H groups in total. The van der Waals surface area contributed by atoms with Crippen LogP contribution in [0, 0.1) is 6.92 Å². The highest BCUT2D eigenvalue weighted by molar-refractivity contribution is 5.41. The topological polar surface area (TPSA) is 38.7 Å². The minimum atomic E-state index is 0.147. The summed E-state index contributed by atoms with van der Waals surface area (Å²) in [5.74, 6) is 1.46. The normalized spacial score (nSPS) is 10.2. The highest BCUT2D eigenvalue weighted by atomic mass is 16.5. The van der Waals surface area contributed by atoms with Gasteiger partial charge in [0.05, 0.1) is 6.61 Å². The molecule has 0 bridgehead atoms. The monoisotopic (exact) mass is 258 g/mol. The molecule has 3 heteroatoms. The molecule has 100 valence electrons. The lowest BCUT2D eigenvalue weighted by molar-refractivity contribution is 0.274. The van der Waals surface area contributed by atoms with Crippen molar-refractivity contribution in [1.29, 1.82) is 0 Å². The van der Waals surface area contributed by atoms with Crippen LogP contribution in [0.4, 0.5) is 0 Å². The Morgan fingerprint density at radius 1 is 0.947 bits per heavy atom. The van der Waals surface area contributed by atoms with Crippen LogP contribution in [0.25, 0.3) is 0 Å². The van der Waals surface area contributed by atoms with E-state index in [1.54, 1.807) is 18.2 Å². The summed E-state index contributed by atoms with van der Waals surface area (Å²) < 4.78 is 11.3. The fourth-order valence-electron chi connectivity index (χ4n) is 1.88. The Kier molecular flexibility index (Phi) is 4.29. The molecule has 0 fully saturated rings.